The van der Waals surface area contributed by atoms with Crippen LogP contribution in [-0.4, -0.2) is 5.78 Å². The van der Waals surface area contributed by atoms with Gasteiger partial charge in [0.2, 0.25) is 0 Å². The first-order valence-corrected chi connectivity index (χ1v) is 16.3. The standard InChI is InChI=1S/C26H44O.4C2H6/c1-19(27)9-7-10-20-12-13-22-21-11-8-16-24(2)15-5-6-17-26(24,4)23(21)14-18-25(20,22)3;4*1-2/h20-23H,5-18H2,1-4H3;4*1-2H3. The van der Waals surface area contributed by atoms with Gasteiger partial charge in [-0.05, 0) is 111 Å². The van der Waals surface area contributed by atoms with Crippen molar-refractivity contribution in [1.29, 1.82) is 0 Å². The van der Waals surface area contributed by atoms with Crippen molar-refractivity contribution in [2.75, 3.05) is 0 Å². The molecule has 0 amide bonds. The van der Waals surface area contributed by atoms with Gasteiger partial charge in [-0.2, -0.15) is 0 Å². The summed E-state index contributed by atoms with van der Waals surface area (Å²) in [5.41, 5.74) is 1.78. The van der Waals surface area contributed by atoms with Crippen molar-refractivity contribution in [2.24, 2.45) is 39.9 Å². The number of rotatable bonds is 4. The Morgan fingerprint density at radius 3 is 1.86 bits per heavy atom. The van der Waals surface area contributed by atoms with Crippen molar-refractivity contribution in [2.45, 2.75) is 173 Å². The molecular formula is C34H68O. The average molecular weight is 493 g/mol. The molecule has 0 N–H and O–H groups in total. The summed E-state index contributed by atoms with van der Waals surface area (Å²) < 4.78 is 0. The van der Waals surface area contributed by atoms with Crippen molar-refractivity contribution >= 4 is 5.78 Å². The molecule has 1 nitrogen and oxygen atoms in total. The summed E-state index contributed by atoms with van der Waals surface area (Å²) in [6.45, 7) is 25.8. The molecule has 0 aromatic carbocycles. The molecule has 0 saturated heterocycles. The summed E-state index contributed by atoms with van der Waals surface area (Å²) in [6.07, 6.45) is 19.5. The predicted molar refractivity (Wildman–Crippen MR) is 159 cm³/mol. The Balaban J connectivity index is 0.00000132. The van der Waals surface area contributed by atoms with E-state index in [1.165, 1.54) is 77.0 Å². The lowest BCUT2D eigenvalue weighted by molar-refractivity contribution is -0.117. The van der Waals surface area contributed by atoms with Gasteiger partial charge in [-0.3, -0.25) is 0 Å². The van der Waals surface area contributed by atoms with Crippen molar-refractivity contribution in [3.8, 4) is 0 Å². The molecular weight excluding hydrogens is 424 g/mol. The highest BCUT2D eigenvalue weighted by molar-refractivity contribution is 5.75. The van der Waals surface area contributed by atoms with Crippen LogP contribution in [0.25, 0.3) is 0 Å². The Hall–Kier alpha value is -0.330. The van der Waals surface area contributed by atoms with Crippen LogP contribution in [0.1, 0.15) is 173 Å². The molecule has 0 radical (unpaired) electrons. The normalized spacial score (nSPS) is 39.0. The van der Waals surface area contributed by atoms with Gasteiger partial charge in [-0.25, -0.2) is 0 Å². The fourth-order valence-corrected chi connectivity index (χ4v) is 9.03. The molecule has 7 unspecified atom stereocenters. The van der Waals surface area contributed by atoms with Crippen molar-refractivity contribution in [1.82, 2.24) is 0 Å². The van der Waals surface area contributed by atoms with E-state index in [1.807, 2.05) is 55.4 Å². The van der Waals surface area contributed by atoms with E-state index in [4.69, 9.17) is 0 Å². The highest BCUT2D eigenvalue weighted by Gasteiger charge is 2.60. The summed E-state index contributed by atoms with van der Waals surface area (Å²) in [5.74, 6) is 4.22. The molecule has 0 bridgehead atoms. The summed E-state index contributed by atoms with van der Waals surface area (Å²) >= 11 is 0. The number of fused-ring (bicyclic) bond motifs is 5. The number of carbonyl (C=O) groups excluding carboxylic acids is 1. The van der Waals surface area contributed by atoms with Crippen LogP contribution < -0.4 is 0 Å². The Kier molecular flexibility index (Phi) is 16.3. The minimum atomic E-state index is 0.381. The maximum atomic E-state index is 11.4. The van der Waals surface area contributed by atoms with Crippen LogP contribution >= 0.6 is 0 Å². The molecule has 0 aromatic rings. The Labute approximate surface area is 223 Å². The van der Waals surface area contributed by atoms with E-state index in [1.54, 1.807) is 6.92 Å². The molecule has 4 aliphatic carbocycles. The lowest BCUT2D eigenvalue weighted by atomic mass is 9.46. The van der Waals surface area contributed by atoms with Gasteiger partial charge in [0.15, 0.2) is 0 Å². The van der Waals surface area contributed by atoms with Crippen molar-refractivity contribution < 1.29 is 4.79 Å². The Morgan fingerprint density at radius 2 is 1.26 bits per heavy atom. The maximum absolute atomic E-state index is 11.4. The van der Waals surface area contributed by atoms with E-state index in [-0.39, 0.29) is 0 Å². The zero-order valence-corrected chi connectivity index (χ0v) is 26.6. The number of hydrogen-bond acceptors (Lipinski definition) is 1. The molecule has 0 aromatic heterocycles. The van der Waals surface area contributed by atoms with Crippen LogP contribution in [-0.2, 0) is 4.79 Å². The maximum Gasteiger partial charge on any atom is 0.129 e. The lowest BCUT2D eigenvalue weighted by Crippen LogP contribution is -2.51. The van der Waals surface area contributed by atoms with Crippen molar-refractivity contribution in [3.05, 3.63) is 0 Å². The first-order chi connectivity index (χ1) is 16.8. The molecule has 7 atom stereocenters. The summed E-state index contributed by atoms with van der Waals surface area (Å²) in [4.78, 5) is 11.4. The lowest BCUT2D eigenvalue weighted by Gasteiger charge is -2.59. The third-order valence-electron chi connectivity index (χ3n) is 10.9. The van der Waals surface area contributed by atoms with E-state index in [9.17, 15) is 4.79 Å². The second-order valence-electron chi connectivity index (χ2n) is 11.9. The number of ketones is 1. The second kappa shape index (κ2) is 16.5. The predicted octanol–water partition coefficient (Wildman–Crippen LogP) is 11.7. The van der Waals surface area contributed by atoms with E-state index >= 15 is 0 Å². The summed E-state index contributed by atoms with van der Waals surface area (Å²) in [7, 11) is 0. The molecule has 4 fully saturated rings. The third-order valence-corrected chi connectivity index (χ3v) is 10.9. The van der Waals surface area contributed by atoms with Gasteiger partial charge in [0.1, 0.15) is 5.78 Å². The van der Waals surface area contributed by atoms with Gasteiger partial charge in [0.05, 0.1) is 0 Å². The molecule has 0 aliphatic heterocycles. The van der Waals surface area contributed by atoms with Gasteiger partial charge in [-0.1, -0.05) is 95.4 Å². The molecule has 210 valence electrons. The highest BCUT2D eigenvalue weighted by Crippen LogP contribution is 2.69. The molecule has 1 heteroatoms. The fraction of sp³-hybridized carbons (Fsp3) is 0.971. The van der Waals surface area contributed by atoms with Gasteiger partial charge in [0, 0.05) is 6.42 Å². The van der Waals surface area contributed by atoms with Crippen molar-refractivity contribution in [3.63, 3.8) is 0 Å². The topological polar surface area (TPSA) is 17.1 Å². The smallest absolute Gasteiger partial charge is 0.129 e. The second-order valence-corrected chi connectivity index (χ2v) is 11.9. The molecule has 4 aliphatic rings. The SMILES string of the molecule is CC.CC.CC.CC.CC(=O)CCCC1CCC2C3CCCC4(C)CCCCC4(C)C3CCC12C. The van der Waals surface area contributed by atoms with Gasteiger partial charge in [0.25, 0.3) is 0 Å². The van der Waals surface area contributed by atoms with Gasteiger partial charge in [-0.15, -0.1) is 0 Å². The molecule has 35 heavy (non-hydrogen) atoms. The largest absolute Gasteiger partial charge is 0.300 e. The van der Waals surface area contributed by atoms with Crippen LogP contribution in [0.5, 0.6) is 0 Å². The fourth-order valence-electron chi connectivity index (χ4n) is 9.03. The quantitative estimate of drug-likeness (QED) is 0.381. The molecule has 0 spiro atoms. The minimum Gasteiger partial charge on any atom is -0.300 e. The van der Waals surface area contributed by atoms with E-state index in [0.29, 0.717) is 22.0 Å². The van der Waals surface area contributed by atoms with Crippen LogP contribution in [0.4, 0.5) is 0 Å². The first kappa shape index (κ1) is 34.7. The monoisotopic (exact) mass is 493 g/mol. The summed E-state index contributed by atoms with van der Waals surface area (Å²) in [5, 5.41) is 0. The van der Waals surface area contributed by atoms with Crippen LogP contribution in [0.15, 0.2) is 0 Å². The van der Waals surface area contributed by atoms with E-state index in [2.05, 4.69) is 20.8 Å². The minimum absolute atomic E-state index is 0.381. The van der Waals surface area contributed by atoms with Crippen LogP contribution in [0, 0.1) is 39.9 Å². The van der Waals surface area contributed by atoms with E-state index < -0.39 is 0 Å². The van der Waals surface area contributed by atoms with Crippen LogP contribution in [0.3, 0.4) is 0 Å². The average Bonchev–Trinajstić information content (AvgIpc) is 3.16. The Morgan fingerprint density at radius 1 is 0.686 bits per heavy atom. The zero-order valence-electron chi connectivity index (χ0n) is 26.6. The first-order valence-electron chi connectivity index (χ1n) is 16.3. The van der Waals surface area contributed by atoms with Gasteiger partial charge < -0.3 is 4.79 Å². The third kappa shape index (κ3) is 7.37. The zero-order chi connectivity index (χ0) is 27.3. The van der Waals surface area contributed by atoms with E-state index in [0.717, 1.165) is 36.5 Å². The molecule has 4 saturated carbocycles. The van der Waals surface area contributed by atoms with Gasteiger partial charge >= 0.3 is 0 Å². The molecule has 4 rings (SSSR count). The summed E-state index contributed by atoms with van der Waals surface area (Å²) in [6, 6.07) is 0. The molecule has 0 heterocycles. The highest BCUT2D eigenvalue weighted by atomic mass is 16.1. The number of carbonyl (C=O) groups is 1. The number of Topliss-reactive ketones (excluding diaryl/α,β-unsaturated/α-hetero) is 1. The van der Waals surface area contributed by atoms with Crippen LogP contribution in [0.2, 0.25) is 0 Å². The number of hydrogen-bond donors (Lipinski definition) is 0. The Bertz CT molecular complexity index is 567.